The lowest BCUT2D eigenvalue weighted by Crippen LogP contribution is -2.30. The van der Waals surface area contributed by atoms with Gasteiger partial charge in [-0.2, -0.15) is 0 Å². The van der Waals surface area contributed by atoms with Gasteiger partial charge in [-0.25, -0.2) is 9.13 Å². The van der Waals surface area contributed by atoms with E-state index in [9.17, 15) is 43.2 Å². The van der Waals surface area contributed by atoms with E-state index in [1.165, 1.54) is 199 Å². The van der Waals surface area contributed by atoms with Gasteiger partial charge in [-0.05, 0) is 49.4 Å². The number of carbonyl (C=O) groups excluding carboxylic acids is 4. The molecule has 0 aromatic carbocycles. The van der Waals surface area contributed by atoms with Crippen LogP contribution in [-0.4, -0.2) is 96.7 Å². The van der Waals surface area contributed by atoms with Crippen LogP contribution in [0.15, 0.2) is 0 Å². The minimum absolute atomic E-state index is 0.105. The lowest BCUT2D eigenvalue weighted by atomic mass is 9.99. The molecule has 0 spiro atoms. The summed E-state index contributed by atoms with van der Waals surface area (Å²) in [6, 6.07) is 0. The monoisotopic (exact) mass is 1440 g/mol. The predicted octanol–water partition coefficient (Wildman–Crippen LogP) is 23.2. The molecule has 0 bridgehead atoms. The SMILES string of the molecule is CCC(C)CCCCCCCCCCCCCCCCCCCCC(=O)OC[C@H](COP(=O)(O)OC[C@@H](O)COP(=O)(O)OC[C@@H](COC(=O)CCCCCCCCC(C)C)OC(=O)CCCCCCCCCCCCC(C)CC)OC(=O)CCCCCCCCCCCCC(C)C. The third kappa shape index (κ3) is 69.8. The van der Waals surface area contributed by atoms with Crippen molar-refractivity contribution in [2.24, 2.45) is 23.7 Å². The number of unbranched alkanes of at least 4 members (excludes halogenated alkanes) is 40. The summed E-state index contributed by atoms with van der Waals surface area (Å²) in [5.41, 5.74) is 0. The molecular weight excluding hydrogens is 1280 g/mol. The number of phosphoric ester groups is 2. The Morgan fingerprint density at radius 3 is 0.724 bits per heavy atom. The van der Waals surface area contributed by atoms with Crippen molar-refractivity contribution >= 4 is 39.5 Å². The highest BCUT2D eigenvalue weighted by atomic mass is 31.2. The summed E-state index contributed by atoms with van der Waals surface area (Å²) in [6.45, 7) is 14.2. The Bertz CT molecular complexity index is 1920. The third-order valence-electron chi connectivity index (χ3n) is 19.0. The molecule has 98 heavy (non-hydrogen) atoms. The van der Waals surface area contributed by atoms with Crippen molar-refractivity contribution in [3.05, 3.63) is 0 Å². The third-order valence-corrected chi connectivity index (χ3v) is 20.9. The van der Waals surface area contributed by atoms with Gasteiger partial charge in [0.1, 0.15) is 19.3 Å². The van der Waals surface area contributed by atoms with E-state index in [2.05, 4.69) is 55.4 Å². The van der Waals surface area contributed by atoms with Gasteiger partial charge in [0.05, 0.1) is 26.4 Å². The highest BCUT2D eigenvalue weighted by molar-refractivity contribution is 7.47. The van der Waals surface area contributed by atoms with Crippen LogP contribution in [0.5, 0.6) is 0 Å². The first-order chi connectivity index (χ1) is 47.2. The highest BCUT2D eigenvalue weighted by Gasteiger charge is 2.30. The normalized spacial score (nSPS) is 14.6. The van der Waals surface area contributed by atoms with Crippen LogP contribution < -0.4 is 0 Å². The molecule has 0 heterocycles. The smallest absolute Gasteiger partial charge is 0.462 e. The number of ether oxygens (including phenoxy) is 4. The number of aliphatic hydroxyl groups is 1. The maximum Gasteiger partial charge on any atom is 0.472 e. The molecule has 0 radical (unpaired) electrons. The van der Waals surface area contributed by atoms with Crippen LogP contribution >= 0.6 is 15.6 Å². The number of carbonyl (C=O) groups is 4. The average molecular weight is 1440 g/mol. The zero-order chi connectivity index (χ0) is 72.4. The Balaban J connectivity index is 5.17. The molecular formula is C79H154O17P2. The predicted molar refractivity (Wildman–Crippen MR) is 400 cm³/mol. The Kier molecular flexibility index (Phi) is 66.8. The number of esters is 4. The van der Waals surface area contributed by atoms with E-state index in [0.29, 0.717) is 31.6 Å². The maximum atomic E-state index is 13.1. The zero-order valence-electron chi connectivity index (χ0n) is 64.4. The summed E-state index contributed by atoms with van der Waals surface area (Å²) in [4.78, 5) is 72.9. The van der Waals surface area contributed by atoms with Crippen molar-refractivity contribution in [3.63, 3.8) is 0 Å². The summed E-state index contributed by atoms with van der Waals surface area (Å²) in [6.07, 6.45) is 54.3. The van der Waals surface area contributed by atoms with E-state index in [1.807, 2.05) is 0 Å². The van der Waals surface area contributed by atoms with Crippen molar-refractivity contribution < 1.29 is 80.2 Å². The van der Waals surface area contributed by atoms with E-state index in [4.69, 9.17) is 37.0 Å². The van der Waals surface area contributed by atoms with Gasteiger partial charge >= 0.3 is 39.5 Å². The van der Waals surface area contributed by atoms with Crippen molar-refractivity contribution in [1.82, 2.24) is 0 Å². The largest absolute Gasteiger partial charge is 0.472 e. The van der Waals surface area contributed by atoms with Gasteiger partial charge in [-0.1, -0.05) is 351 Å². The fourth-order valence-electron chi connectivity index (χ4n) is 12.0. The lowest BCUT2D eigenvalue weighted by Gasteiger charge is -2.21. The van der Waals surface area contributed by atoms with Crippen molar-refractivity contribution in [1.29, 1.82) is 0 Å². The Morgan fingerprint density at radius 2 is 0.490 bits per heavy atom. The zero-order valence-corrected chi connectivity index (χ0v) is 66.2. The number of hydrogen-bond acceptors (Lipinski definition) is 15. The van der Waals surface area contributed by atoms with Gasteiger partial charge in [0, 0.05) is 25.7 Å². The van der Waals surface area contributed by atoms with E-state index in [0.717, 1.165) is 114 Å². The number of phosphoric acid groups is 2. The van der Waals surface area contributed by atoms with Crippen LogP contribution in [0.1, 0.15) is 402 Å². The van der Waals surface area contributed by atoms with Crippen molar-refractivity contribution in [3.8, 4) is 0 Å². The number of hydrogen-bond donors (Lipinski definition) is 3. The van der Waals surface area contributed by atoms with E-state index in [-0.39, 0.29) is 25.7 Å². The fourth-order valence-corrected chi connectivity index (χ4v) is 13.6. The van der Waals surface area contributed by atoms with Gasteiger partial charge in [0.25, 0.3) is 0 Å². The van der Waals surface area contributed by atoms with Gasteiger partial charge in [-0.3, -0.25) is 37.3 Å². The molecule has 0 fully saturated rings. The van der Waals surface area contributed by atoms with E-state index >= 15 is 0 Å². The highest BCUT2D eigenvalue weighted by Crippen LogP contribution is 2.45. The minimum Gasteiger partial charge on any atom is -0.462 e. The van der Waals surface area contributed by atoms with E-state index < -0.39 is 97.5 Å². The summed E-state index contributed by atoms with van der Waals surface area (Å²) in [5.74, 6) is 0.988. The van der Waals surface area contributed by atoms with Crippen LogP contribution in [0.25, 0.3) is 0 Å². The Labute approximate surface area is 600 Å². The van der Waals surface area contributed by atoms with Crippen LogP contribution in [0.4, 0.5) is 0 Å². The van der Waals surface area contributed by atoms with Gasteiger partial charge in [0.2, 0.25) is 0 Å². The van der Waals surface area contributed by atoms with Crippen LogP contribution in [-0.2, 0) is 65.4 Å². The molecule has 0 aromatic heterocycles. The Hall–Kier alpha value is -1.94. The number of rotatable bonds is 76. The lowest BCUT2D eigenvalue weighted by molar-refractivity contribution is -0.161. The summed E-state index contributed by atoms with van der Waals surface area (Å²) >= 11 is 0. The first kappa shape index (κ1) is 96.1. The summed E-state index contributed by atoms with van der Waals surface area (Å²) in [7, 11) is -9.92. The molecule has 17 nitrogen and oxygen atoms in total. The molecule has 0 aliphatic heterocycles. The summed E-state index contributed by atoms with van der Waals surface area (Å²) in [5, 5.41) is 10.6. The second-order valence-corrected chi connectivity index (χ2v) is 32.8. The second-order valence-electron chi connectivity index (χ2n) is 29.9. The molecule has 19 heteroatoms. The summed E-state index contributed by atoms with van der Waals surface area (Å²) < 4.78 is 68.6. The molecule has 0 aliphatic rings. The fraction of sp³-hybridized carbons (Fsp3) is 0.949. The van der Waals surface area contributed by atoms with Gasteiger partial charge < -0.3 is 33.8 Å². The van der Waals surface area contributed by atoms with Crippen molar-refractivity contribution in [2.75, 3.05) is 39.6 Å². The maximum absolute atomic E-state index is 13.1. The first-order valence-corrected chi connectivity index (χ1v) is 43.8. The van der Waals surface area contributed by atoms with Crippen LogP contribution in [0.2, 0.25) is 0 Å². The Morgan fingerprint density at radius 1 is 0.286 bits per heavy atom. The molecule has 0 aliphatic carbocycles. The number of aliphatic hydroxyl groups excluding tert-OH is 1. The molecule has 0 amide bonds. The average Bonchev–Trinajstić information content (AvgIpc) is 1.11. The van der Waals surface area contributed by atoms with Crippen LogP contribution in [0.3, 0.4) is 0 Å². The standard InChI is InChI=1S/C79H154O17P2/c1-9-71(7)57-49-41-32-26-19-17-15-13-11-12-14-16-18-20-28-34-43-51-59-76(81)89-65-74(95-78(83)61-53-45-35-29-23-21-25-31-39-47-55-69(3)4)67-93-97(85,86)91-63-73(80)64-92-98(87,88)94-68-75(66-90-77(82)60-52-44-38-37-40-48-56-70(5)6)96-79(84)62-54-46-36-30-24-22-27-33-42-50-58-72(8)10-2/h69-75,80H,9-68H2,1-8H3,(H,85,86)(H,87,88)/t71?,72?,73-,74-,75-/m1/s1. The molecule has 7 atom stereocenters. The second kappa shape index (κ2) is 68.2. The first-order valence-electron chi connectivity index (χ1n) is 40.8. The van der Waals surface area contributed by atoms with E-state index in [1.54, 1.807) is 0 Å². The molecule has 0 aromatic rings. The topological polar surface area (TPSA) is 237 Å². The molecule has 3 N–H and O–H groups in total. The minimum atomic E-state index is -4.96. The van der Waals surface area contributed by atoms with Gasteiger partial charge in [0.15, 0.2) is 12.2 Å². The molecule has 582 valence electrons. The molecule has 0 saturated heterocycles. The molecule has 0 rings (SSSR count). The quantitative estimate of drug-likeness (QED) is 0.0222. The molecule has 0 saturated carbocycles. The van der Waals surface area contributed by atoms with Crippen LogP contribution in [0, 0.1) is 23.7 Å². The van der Waals surface area contributed by atoms with Gasteiger partial charge in [-0.15, -0.1) is 0 Å². The molecule has 4 unspecified atom stereocenters. The van der Waals surface area contributed by atoms with Crippen molar-refractivity contribution in [2.45, 2.75) is 420 Å².